The van der Waals surface area contributed by atoms with Crippen LogP contribution in [0.5, 0.6) is 0 Å². The van der Waals surface area contributed by atoms with Crippen LogP contribution in [0.4, 0.5) is 0 Å². The molecule has 8 heteroatoms. The lowest BCUT2D eigenvalue weighted by atomic mass is 9.92. The molecule has 0 aromatic heterocycles. The van der Waals surface area contributed by atoms with E-state index in [2.05, 4.69) is 5.09 Å². The minimum absolute atomic E-state index is 0.0844. The number of ether oxygens (including phenoxy) is 3. The highest BCUT2D eigenvalue weighted by atomic mass is 31.2. The van der Waals surface area contributed by atoms with Gasteiger partial charge < -0.3 is 19.1 Å². The van der Waals surface area contributed by atoms with Crippen molar-refractivity contribution in [3.63, 3.8) is 0 Å². The van der Waals surface area contributed by atoms with Gasteiger partial charge in [0.1, 0.15) is 7.85 Å². The monoisotopic (exact) mass is 335 g/mol. The lowest BCUT2D eigenvalue weighted by molar-refractivity contribution is -0.0247. The van der Waals surface area contributed by atoms with Crippen LogP contribution in [0, 0.1) is 0 Å². The fourth-order valence-corrected chi connectivity index (χ4v) is 3.42. The molecule has 2 N–H and O–H groups in total. The number of hydrogen-bond donors (Lipinski definition) is 2. The summed E-state index contributed by atoms with van der Waals surface area (Å²) in [5.41, 5.74) is -0.359. The van der Waals surface area contributed by atoms with Gasteiger partial charge in [0.05, 0.1) is 37.0 Å². The molecule has 2 unspecified atom stereocenters. The van der Waals surface area contributed by atoms with Crippen molar-refractivity contribution in [2.75, 3.05) is 13.2 Å². The maximum Gasteiger partial charge on any atom is 0.270 e. The van der Waals surface area contributed by atoms with Crippen molar-refractivity contribution in [3.8, 4) is 0 Å². The zero-order chi connectivity index (χ0) is 16.9. The predicted octanol–water partition coefficient (Wildman–Crippen LogP) is 1.12. The summed E-state index contributed by atoms with van der Waals surface area (Å²) in [6.45, 7) is 10.4. The normalized spacial score (nSPS) is 31.8. The Kier molecular flexibility index (Phi) is 8.07. The second kappa shape index (κ2) is 8.81. The zero-order valence-electron chi connectivity index (χ0n) is 14.6. The summed E-state index contributed by atoms with van der Waals surface area (Å²) in [6, 6.07) is -0.490. The fraction of sp³-hybridized carbons (Fsp3) is 1.00. The third-order valence-corrected chi connectivity index (χ3v) is 5.82. The van der Waals surface area contributed by atoms with Crippen molar-refractivity contribution >= 4 is 15.4 Å². The van der Waals surface area contributed by atoms with Crippen molar-refractivity contribution in [2.45, 2.75) is 77.1 Å². The van der Waals surface area contributed by atoms with Gasteiger partial charge in [-0.05, 0) is 20.3 Å². The van der Waals surface area contributed by atoms with Crippen LogP contribution in [0.3, 0.4) is 0 Å². The van der Waals surface area contributed by atoms with E-state index in [1.54, 1.807) is 13.8 Å². The van der Waals surface area contributed by atoms with E-state index in [-0.39, 0.29) is 36.0 Å². The quantitative estimate of drug-likeness (QED) is 0.486. The molecule has 0 bridgehead atoms. The van der Waals surface area contributed by atoms with Crippen LogP contribution in [-0.2, 0) is 18.8 Å². The Balaban J connectivity index is 2.84. The molecule has 0 saturated carbocycles. The van der Waals surface area contributed by atoms with Gasteiger partial charge in [-0.25, -0.2) is 5.09 Å². The zero-order valence-corrected chi connectivity index (χ0v) is 15.5. The molecule has 0 aromatic rings. The van der Waals surface area contributed by atoms with E-state index in [0.717, 1.165) is 6.42 Å². The minimum Gasteiger partial charge on any atom is -0.377 e. The molecular formula is C14H31BNO5P. The molecule has 0 amide bonds. The number of nitrogens with one attached hydrogen (secondary N) is 1. The number of hydrogen-bond acceptors (Lipinski definition) is 4. The maximum absolute atomic E-state index is 12.4. The average molecular weight is 335 g/mol. The van der Waals surface area contributed by atoms with Crippen molar-refractivity contribution in [3.05, 3.63) is 0 Å². The topological polar surface area (TPSA) is 77.0 Å². The van der Waals surface area contributed by atoms with Gasteiger partial charge in [0, 0.05) is 12.3 Å². The van der Waals surface area contributed by atoms with Crippen molar-refractivity contribution in [1.82, 2.24) is 5.09 Å². The molecule has 5 atom stereocenters. The van der Waals surface area contributed by atoms with Gasteiger partial charge in [-0.2, -0.15) is 0 Å². The Hall–Kier alpha value is 0.0949. The fourth-order valence-electron chi connectivity index (χ4n) is 2.38. The van der Waals surface area contributed by atoms with E-state index in [1.807, 2.05) is 28.6 Å². The van der Waals surface area contributed by atoms with Gasteiger partial charge in [-0.15, -0.1) is 0 Å². The maximum atomic E-state index is 12.4. The van der Waals surface area contributed by atoms with Gasteiger partial charge in [-0.3, -0.25) is 4.57 Å². The first-order valence-corrected chi connectivity index (χ1v) is 9.90. The van der Waals surface area contributed by atoms with E-state index in [9.17, 15) is 9.46 Å². The van der Waals surface area contributed by atoms with E-state index in [0.29, 0.717) is 13.2 Å². The van der Waals surface area contributed by atoms with Crippen molar-refractivity contribution < 1.29 is 23.7 Å². The molecule has 0 aliphatic carbocycles. The Morgan fingerprint density at radius 3 is 2.50 bits per heavy atom. The molecule has 0 aromatic carbocycles. The lowest BCUT2D eigenvalue weighted by Crippen LogP contribution is -2.47. The summed E-state index contributed by atoms with van der Waals surface area (Å²) >= 11 is 0. The Labute approximate surface area is 135 Å². The smallest absolute Gasteiger partial charge is 0.270 e. The summed E-state index contributed by atoms with van der Waals surface area (Å²) in [5, 5.41) is 2.90. The minimum atomic E-state index is -3.46. The molecule has 1 aliphatic rings. The lowest BCUT2D eigenvalue weighted by Gasteiger charge is -2.29. The highest BCUT2D eigenvalue weighted by Crippen LogP contribution is 2.43. The molecule has 1 aliphatic heterocycles. The predicted molar refractivity (Wildman–Crippen MR) is 90.2 cm³/mol. The van der Waals surface area contributed by atoms with Crippen molar-refractivity contribution in [1.29, 1.82) is 0 Å². The second-order valence-electron chi connectivity index (χ2n) is 6.47. The highest BCUT2D eigenvalue weighted by molar-refractivity contribution is 7.56. The van der Waals surface area contributed by atoms with Gasteiger partial charge in [0.25, 0.3) is 7.52 Å². The van der Waals surface area contributed by atoms with Crippen LogP contribution in [0.1, 0.15) is 41.0 Å². The number of rotatable bonds is 9. The first-order chi connectivity index (χ1) is 10.2. The summed E-state index contributed by atoms with van der Waals surface area (Å²) < 4.78 is 29.8. The van der Waals surface area contributed by atoms with Crippen LogP contribution in [0.2, 0.25) is 0 Å². The Morgan fingerprint density at radius 1 is 1.36 bits per heavy atom. The molecule has 1 heterocycles. The van der Waals surface area contributed by atoms with E-state index >= 15 is 0 Å². The third kappa shape index (κ3) is 5.62. The molecule has 0 spiro atoms. The van der Waals surface area contributed by atoms with Crippen LogP contribution < -0.4 is 5.09 Å². The summed E-state index contributed by atoms with van der Waals surface area (Å²) in [5.74, 6) is 0. The first-order valence-electron chi connectivity index (χ1n) is 8.18. The molecule has 1 rings (SSSR count). The van der Waals surface area contributed by atoms with Gasteiger partial charge in [0.15, 0.2) is 0 Å². The Morgan fingerprint density at radius 2 is 2.00 bits per heavy atom. The highest BCUT2D eigenvalue weighted by Gasteiger charge is 2.46. The van der Waals surface area contributed by atoms with Gasteiger partial charge in [0.2, 0.25) is 0 Å². The van der Waals surface area contributed by atoms with E-state index in [4.69, 9.17) is 14.2 Å². The summed E-state index contributed by atoms with van der Waals surface area (Å²) in [6.07, 6.45) is 0.434. The van der Waals surface area contributed by atoms with Crippen LogP contribution in [-0.4, -0.2) is 62.0 Å². The standard InChI is InChI=1S/C14H31BNO5P/c1-6-7-19-13-12(16-22(17,18)10(4)5)11(21-14(13)15)8-20-9(2)3/h9-14H,6-8,15H2,1-5H3,(H2,16,17,18)/t11-,12?,13+,14-/m1/s1. The molecule has 6 nitrogen and oxygen atoms in total. The Bertz CT molecular complexity index is 382. The molecule has 0 radical (unpaired) electrons. The molecule has 22 heavy (non-hydrogen) atoms. The summed E-state index contributed by atoms with van der Waals surface area (Å²) in [4.78, 5) is 10.2. The largest absolute Gasteiger partial charge is 0.377 e. The van der Waals surface area contributed by atoms with E-state index < -0.39 is 7.52 Å². The first kappa shape index (κ1) is 20.1. The molecule has 130 valence electrons. The van der Waals surface area contributed by atoms with Crippen LogP contribution in [0.25, 0.3) is 0 Å². The molecular weight excluding hydrogens is 304 g/mol. The van der Waals surface area contributed by atoms with Gasteiger partial charge in [-0.1, -0.05) is 20.8 Å². The van der Waals surface area contributed by atoms with Crippen LogP contribution >= 0.6 is 7.52 Å². The SMILES string of the molecule is B[C@@H]1O[C@H](COC(C)C)C(NP(=O)(O)C(C)C)[C@@H]1OCCC. The van der Waals surface area contributed by atoms with Crippen LogP contribution in [0.15, 0.2) is 0 Å². The van der Waals surface area contributed by atoms with E-state index in [1.165, 1.54) is 0 Å². The second-order valence-corrected chi connectivity index (χ2v) is 9.01. The van der Waals surface area contributed by atoms with Gasteiger partial charge >= 0.3 is 0 Å². The molecule has 1 fully saturated rings. The molecule has 1 saturated heterocycles. The third-order valence-electron chi connectivity index (χ3n) is 3.75. The summed E-state index contributed by atoms with van der Waals surface area (Å²) in [7, 11) is -1.53. The van der Waals surface area contributed by atoms with Crippen molar-refractivity contribution in [2.24, 2.45) is 0 Å². The average Bonchev–Trinajstić information content (AvgIpc) is 2.69.